The molecule has 0 aliphatic rings. The molecular formula is C16H19N3O5. The SMILES string of the molecule is CC(C)NC(=O)NC(=O)[C@H](C)OC(=O)Cc1noc2ccccc12. The molecule has 0 aliphatic carbocycles. The minimum atomic E-state index is -1.10. The third-order valence-electron chi connectivity index (χ3n) is 3.10. The lowest BCUT2D eigenvalue weighted by atomic mass is 10.2. The molecular weight excluding hydrogens is 314 g/mol. The lowest BCUT2D eigenvalue weighted by Gasteiger charge is -2.14. The summed E-state index contributed by atoms with van der Waals surface area (Å²) in [5.74, 6) is -1.34. The van der Waals surface area contributed by atoms with Crippen LogP contribution in [-0.2, 0) is 20.7 Å². The first-order valence-corrected chi connectivity index (χ1v) is 7.51. The number of imide groups is 1. The first-order chi connectivity index (χ1) is 11.4. The zero-order valence-electron chi connectivity index (χ0n) is 13.7. The number of aromatic nitrogens is 1. The number of nitrogens with one attached hydrogen (secondary N) is 2. The van der Waals surface area contributed by atoms with E-state index in [0.29, 0.717) is 16.7 Å². The molecule has 24 heavy (non-hydrogen) atoms. The molecule has 0 bridgehead atoms. The smallest absolute Gasteiger partial charge is 0.321 e. The summed E-state index contributed by atoms with van der Waals surface area (Å²) in [6.45, 7) is 4.91. The van der Waals surface area contributed by atoms with E-state index in [-0.39, 0.29) is 12.5 Å². The molecule has 0 unspecified atom stereocenters. The minimum absolute atomic E-state index is 0.115. The van der Waals surface area contributed by atoms with E-state index in [1.54, 1.807) is 38.1 Å². The summed E-state index contributed by atoms with van der Waals surface area (Å²) in [5, 5.41) is 9.15. The number of hydrogen-bond donors (Lipinski definition) is 2. The van der Waals surface area contributed by atoms with E-state index in [9.17, 15) is 14.4 Å². The van der Waals surface area contributed by atoms with Crippen molar-refractivity contribution in [2.45, 2.75) is 39.3 Å². The molecule has 0 radical (unpaired) electrons. The monoisotopic (exact) mass is 333 g/mol. The first kappa shape index (κ1) is 17.5. The fraction of sp³-hybridized carbons (Fsp3) is 0.375. The van der Waals surface area contributed by atoms with Gasteiger partial charge in [-0.05, 0) is 32.9 Å². The van der Waals surface area contributed by atoms with Gasteiger partial charge in [-0.3, -0.25) is 14.9 Å². The number of benzene rings is 1. The zero-order valence-corrected chi connectivity index (χ0v) is 13.7. The van der Waals surface area contributed by atoms with Crippen LogP contribution in [0.5, 0.6) is 0 Å². The molecule has 8 nitrogen and oxygen atoms in total. The Morgan fingerprint density at radius 1 is 1.21 bits per heavy atom. The van der Waals surface area contributed by atoms with Gasteiger partial charge in [-0.25, -0.2) is 4.79 Å². The number of amides is 3. The van der Waals surface area contributed by atoms with Gasteiger partial charge in [0, 0.05) is 11.4 Å². The van der Waals surface area contributed by atoms with Crippen molar-refractivity contribution >= 4 is 28.9 Å². The Balaban J connectivity index is 1.89. The van der Waals surface area contributed by atoms with Crippen LogP contribution in [-0.4, -0.2) is 35.2 Å². The van der Waals surface area contributed by atoms with Crippen LogP contribution in [0, 0.1) is 0 Å². The van der Waals surface area contributed by atoms with Gasteiger partial charge in [0.1, 0.15) is 5.69 Å². The van der Waals surface area contributed by atoms with Crippen molar-refractivity contribution in [3.05, 3.63) is 30.0 Å². The van der Waals surface area contributed by atoms with Crippen LogP contribution in [0.1, 0.15) is 26.5 Å². The van der Waals surface area contributed by atoms with Crippen molar-refractivity contribution in [1.82, 2.24) is 15.8 Å². The van der Waals surface area contributed by atoms with E-state index < -0.39 is 24.0 Å². The summed E-state index contributed by atoms with van der Waals surface area (Å²) >= 11 is 0. The van der Waals surface area contributed by atoms with Crippen LogP contribution >= 0.6 is 0 Å². The third kappa shape index (κ3) is 4.55. The van der Waals surface area contributed by atoms with Gasteiger partial charge in [0.25, 0.3) is 5.91 Å². The molecule has 0 saturated carbocycles. The second-order valence-electron chi connectivity index (χ2n) is 5.55. The topological polar surface area (TPSA) is 111 Å². The highest BCUT2D eigenvalue weighted by Crippen LogP contribution is 2.18. The van der Waals surface area contributed by atoms with Gasteiger partial charge in [0.2, 0.25) is 0 Å². The number of ether oxygens (including phenoxy) is 1. The highest BCUT2D eigenvalue weighted by atomic mass is 16.5. The molecule has 0 aliphatic heterocycles. The van der Waals surface area contributed by atoms with E-state index in [1.807, 2.05) is 0 Å². The summed E-state index contributed by atoms with van der Waals surface area (Å²) in [4.78, 5) is 35.2. The van der Waals surface area contributed by atoms with Crippen molar-refractivity contribution < 1.29 is 23.6 Å². The Hall–Kier alpha value is -2.90. The number of para-hydroxylation sites is 1. The normalized spacial score (nSPS) is 12.0. The number of nitrogens with zero attached hydrogens (tertiary/aromatic N) is 1. The van der Waals surface area contributed by atoms with Gasteiger partial charge >= 0.3 is 12.0 Å². The summed E-state index contributed by atoms with van der Waals surface area (Å²) in [7, 11) is 0. The van der Waals surface area contributed by atoms with E-state index in [0.717, 1.165) is 0 Å². The molecule has 2 rings (SSSR count). The largest absolute Gasteiger partial charge is 0.452 e. The lowest BCUT2D eigenvalue weighted by molar-refractivity contribution is -0.153. The predicted molar refractivity (Wildman–Crippen MR) is 85.1 cm³/mol. The van der Waals surface area contributed by atoms with Gasteiger partial charge in [-0.1, -0.05) is 17.3 Å². The van der Waals surface area contributed by atoms with E-state index in [2.05, 4.69) is 15.8 Å². The molecule has 0 spiro atoms. The second-order valence-corrected chi connectivity index (χ2v) is 5.55. The van der Waals surface area contributed by atoms with E-state index >= 15 is 0 Å². The highest BCUT2D eigenvalue weighted by molar-refractivity contribution is 5.97. The lowest BCUT2D eigenvalue weighted by Crippen LogP contribution is -2.46. The number of fused-ring (bicyclic) bond motifs is 1. The van der Waals surface area contributed by atoms with E-state index in [4.69, 9.17) is 9.26 Å². The number of rotatable bonds is 5. The second kappa shape index (κ2) is 7.58. The summed E-state index contributed by atoms with van der Waals surface area (Å²) < 4.78 is 10.1. The van der Waals surface area contributed by atoms with Crippen molar-refractivity contribution in [3.8, 4) is 0 Å². The minimum Gasteiger partial charge on any atom is -0.452 e. The van der Waals surface area contributed by atoms with Crippen molar-refractivity contribution in [2.24, 2.45) is 0 Å². The zero-order chi connectivity index (χ0) is 17.7. The molecule has 1 aromatic heterocycles. The number of urea groups is 1. The maximum atomic E-state index is 11.9. The Kier molecular flexibility index (Phi) is 5.51. The van der Waals surface area contributed by atoms with Crippen LogP contribution in [0.2, 0.25) is 0 Å². The molecule has 1 heterocycles. The maximum Gasteiger partial charge on any atom is 0.321 e. The molecule has 8 heteroatoms. The highest BCUT2D eigenvalue weighted by Gasteiger charge is 2.21. The number of hydrogen-bond acceptors (Lipinski definition) is 6. The van der Waals surface area contributed by atoms with Gasteiger partial charge < -0.3 is 14.6 Å². The summed E-state index contributed by atoms with van der Waals surface area (Å²) in [6, 6.07) is 6.36. The molecule has 1 aromatic carbocycles. The average molecular weight is 333 g/mol. The fourth-order valence-corrected chi connectivity index (χ4v) is 2.01. The summed E-state index contributed by atoms with van der Waals surface area (Å²) in [6.07, 6.45) is -1.24. The maximum absolute atomic E-state index is 11.9. The average Bonchev–Trinajstić information content (AvgIpc) is 2.89. The predicted octanol–water partition coefficient (Wildman–Crippen LogP) is 1.54. The summed E-state index contributed by atoms with van der Waals surface area (Å²) in [5.41, 5.74) is 0.997. The van der Waals surface area contributed by atoms with Crippen LogP contribution in [0.3, 0.4) is 0 Å². The molecule has 2 aromatic rings. The Morgan fingerprint density at radius 2 is 1.92 bits per heavy atom. The molecule has 3 amide bonds. The molecule has 2 N–H and O–H groups in total. The van der Waals surface area contributed by atoms with Crippen LogP contribution in [0.15, 0.2) is 28.8 Å². The molecule has 1 atom stereocenters. The molecule has 0 saturated heterocycles. The Labute approximate surface area is 138 Å². The van der Waals surface area contributed by atoms with Crippen LogP contribution < -0.4 is 10.6 Å². The molecule has 128 valence electrons. The fourth-order valence-electron chi connectivity index (χ4n) is 2.01. The van der Waals surface area contributed by atoms with Gasteiger partial charge in [-0.15, -0.1) is 0 Å². The molecule has 0 fully saturated rings. The van der Waals surface area contributed by atoms with Gasteiger partial charge in [0.15, 0.2) is 11.7 Å². The number of esters is 1. The standard InChI is InChI=1S/C16H19N3O5/c1-9(2)17-16(22)18-15(21)10(3)23-14(20)8-12-11-6-4-5-7-13(11)24-19-12/h4-7,9-10H,8H2,1-3H3,(H2,17,18,21,22)/t10-/m0/s1. The Bertz CT molecular complexity index is 753. The van der Waals surface area contributed by atoms with Crippen molar-refractivity contribution in [2.75, 3.05) is 0 Å². The van der Waals surface area contributed by atoms with Crippen molar-refractivity contribution in [3.63, 3.8) is 0 Å². The van der Waals surface area contributed by atoms with E-state index in [1.165, 1.54) is 6.92 Å². The third-order valence-corrected chi connectivity index (χ3v) is 3.10. The number of carbonyl (C=O) groups excluding carboxylic acids is 3. The van der Waals surface area contributed by atoms with Gasteiger partial charge in [0.05, 0.1) is 6.42 Å². The van der Waals surface area contributed by atoms with Crippen LogP contribution in [0.25, 0.3) is 11.0 Å². The van der Waals surface area contributed by atoms with Crippen LogP contribution in [0.4, 0.5) is 4.79 Å². The Morgan fingerprint density at radius 3 is 2.62 bits per heavy atom. The quantitative estimate of drug-likeness (QED) is 0.803. The number of carbonyl (C=O) groups is 3. The first-order valence-electron chi connectivity index (χ1n) is 7.51. The van der Waals surface area contributed by atoms with Gasteiger partial charge in [-0.2, -0.15) is 0 Å². The van der Waals surface area contributed by atoms with Crippen molar-refractivity contribution in [1.29, 1.82) is 0 Å².